The van der Waals surface area contributed by atoms with Crippen LogP contribution in [0.25, 0.3) is 0 Å². The molecule has 0 amide bonds. The predicted molar refractivity (Wildman–Crippen MR) is 30.1 cm³/mol. The maximum Gasteiger partial charge on any atom is 1.00 e. The monoisotopic (exact) mass is 158 g/mol. The number of thioether (sulfide) groups is 1. The van der Waals surface area contributed by atoms with Gasteiger partial charge in [-0.1, -0.05) is 0 Å². The summed E-state index contributed by atoms with van der Waals surface area (Å²) in [6.07, 6.45) is 0. The van der Waals surface area contributed by atoms with Crippen LogP contribution in [-0.4, -0.2) is 10.2 Å². The standard InChI is InChI=1S/C4H6O2S.K.H/c1-3(5)7-4(2)6;;/h1-2H3;;/q;+1;-1. The molecule has 0 aromatic rings. The summed E-state index contributed by atoms with van der Waals surface area (Å²) in [6.45, 7) is 2.73. The van der Waals surface area contributed by atoms with Gasteiger partial charge in [-0.15, -0.1) is 0 Å². The predicted octanol–water partition coefficient (Wildman–Crippen LogP) is -2.07. The van der Waals surface area contributed by atoms with Gasteiger partial charge in [-0.25, -0.2) is 0 Å². The maximum absolute atomic E-state index is 10.00. The van der Waals surface area contributed by atoms with Crippen LogP contribution in [-0.2, 0) is 9.59 Å². The van der Waals surface area contributed by atoms with E-state index < -0.39 is 0 Å². The molecule has 0 atom stereocenters. The van der Waals surface area contributed by atoms with Crippen LogP contribution in [0.3, 0.4) is 0 Å². The van der Waals surface area contributed by atoms with Crippen molar-refractivity contribution in [2.75, 3.05) is 0 Å². The zero-order chi connectivity index (χ0) is 5.86. The SMILES string of the molecule is CC(=O)SC(C)=O.[H-].[K+]. The Labute approximate surface area is 96.7 Å². The molecular weight excluding hydrogens is 151 g/mol. The molecule has 2 nitrogen and oxygen atoms in total. The zero-order valence-electron chi connectivity index (χ0n) is 6.22. The molecule has 0 saturated heterocycles. The van der Waals surface area contributed by atoms with Gasteiger partial charge in [0.2, 0.25) is 0 Å². The van der Waals surface area contributed by atoms with Crippen LogP contribution in [0, 0.1) is 0 Å². The number of hydrogen-bond donors (Lipinski definition) is 0. The topological polar surface area (TPSA) is 34.1 Å². The van der Waals surface area contributed by atoms with Gasteiger partial charge in [0.05, 0.1) is 0 Å². The van der Waals surface area contributed by atoms with E-state index in [0.717, 1.165) is 11.8 Å². The third kappa shape index (κ3) is 10.3. The normalized spacial score (nSPS) is 7.25. The van der Waals surface area contributed by atoms with Gasteiger partial charge in [-0.2, -0.15) is 0 Å². The Bertz CT molecular complexity index is 94.7. The molecule has 0 heterocycles. The van der Waals surface area contributed by atoms with Crippen LogP contribution in [0.4, 0.5) is 0 Å². The van der Waals surface area contributed by atoms with Gasteiger partial charge in [-0.3, -0.25) is 9.59 Å². The number of rotatable bonds is 0. The summed E-state index contributed by atoms with van der Waals surface area (Å²) in [5.74, 6) is 0. The summed E-state index contributed by atoms with van der Waals surface area (Å²) in [5, 5.41) is -0.292. The third-order valence-electron chi connectivity index (χ3n) is 0.287. The summed E-state index contributed by atoms with van der Waals surface area (Å²) in [4.78, 5) is 20.0. The number of hydrogen-bond acceptors (Lipinski definition) is 3. The number of carbonyl (C=O) groups is 2. The smallest absolute Gasteiger partial charge is 1.00 e. The number of carbonyl (C=O) groups excluding carboxylic acids is 2. The van der Waals surface area contributed by atoms with Crippen molar-refractivity contribution in [2.24, 2.45) is 0 Å². The average Bonchev–Trinajstić information content (AvgIpc) is 1.27. The summed E-state index contributed by atoms with van der Waals surface area (Å²) >= 11 is 0.731. The molecular formula is C4H7KO2S. The van der Waals surface area contributed by atoms with Crippen molar-refractivity contribution in [2.45, 2.75) is 13.8 Å². The van der Waals surface area contributed by atoms with Crippen LogP contribution >= 0.6 is 11.8 Å². The van der Waals surface area contributed by atoms with Crippen LogP contribution in [0.1, 0.15) is 15.3 Å². The Hall–Kier alpha value is 1.33. The van der Waals surface area contributed by atoms with Crippen molar-refractivity contribution in [3.05, 3.63) is 0 Å². The van der Waals surface area contributed by atoms with E-state index in [1.54, 1.807) is 0 Å². The fourth-order valence-electron chi connectivity index (χ4n) is 0.202. The van der Waals surface area contributed by atoms with Crippen LogP contribution in [0.2, 0.25) is 0 Å². The van der Waals surface area contributed by atoms with Gasteiger partial charge >= 0.3 is 51.4 Å². The molecule has 0 aliphatic rings. The summed E-state index contributed by atoms with van der Waals surface area (Å²) in [5.41, 5.74) is 0. The van der Waals surface area contributed by atoms with Crippen LogP contribution in [0.5, 0.6) is 0 Å². The van der Waals surface area contributed by atoms with E-state index in [2.05, 4.69) is 0 Å². The molecule has 0 aliphatic heterocycles. The Balaban J connectivity index is -0.000000180. The fourth-order valence-corrected chi connectivity index (χ4v) is 0.607. The summed E-state index contributed by atoms with van der Waals surface area (Å²) in [6, 6.07) is 0. The van der Waals surface area contributed by atoms with Crippen molar-refractivity contribution in [3.8, 4) is 0 Å². The minimum absolute atomic E-state index is 0. The van der Waals surface area contributed by atoms with Crippen molar-refractivity contribution < 1.29 is 62.4 Å². The summed E-state index contributed by atoms with van der Waals surface area (Å²) < 4.78 is 0. The Morgan fingerprint density at radius 1 is 1.25 bits per heavy atom. The minimum atomic E-state index is -0.146. The van der Waals surface area contributed by atoms with Gasteiger partial charge in [0.25, 0.3) is 0 Å². The molecule has 0 fully saturated rings. The van der Waals surface area contributed by atoms with E-state index in [4.69, 9.17) is 0 Å². The molecule has 42 valence electrons. The van der Waals surface area contributed by atoms with Gasteiger partial charge in [0, 0.05) is 13.8 Å². The first-order valence-electron chi connectivity index (χ1n) is 1.82. The van der Waals surface area contributed by atoms with Gasteiger partial charge in [0.1, 0.15) is 0 Å². The minimum Gasteiger partial charge on any atom is -1.00 e. The first-order chi connectivity index (χ1) is 3.13. The Kier molecular flexibility index (Phi) is 9.71. The molecule has 0 N–H and O–H groups in total. The average molecular weight is 158 g/mol. The zero-order valence-corrected chi connectivity index (χ0v) is 9.16. The van der Waals surface area contributed by atoms with Crippen molar-refractivity contribution in [3.63, 3.8) is 0 Å². The molecule has 0 aromatic heterocycles. The van der Waals surface area contributed by atoms with E-state index >= 15 is 0 Å². The van der Waals surface area contributed by atoms with Gasteiger partial charge in [-0.05, 0) is 11.8 Å². The van der Waals surface area contributed by atoms with Crippen LogP contribution < -0.4 is 51.4 Å². The van der Waals surface area contributed by atoms with E-state index in [0.29, 0.717) is 0 Å². The Morgan fingerprint density at radius 2 is 1.50 bits per heavy atom. The molecule has 0 spiro atoms. The second-order valence-electron chi connectivity index (χ2n) is 1.09. The molecule has 8 heavy (non-hydrogen) atoms. The largest absolute Gasteiger partial charge is 1.00 e. The molecule has 0 saturated carbocycles. The third-order valence-corrected chi connectivity index (χ3v) is 0.862. The molecule has 0 bridgehead atoms. The quantitative estimate of drug-likeness (QED) is 0.380. The van der Waals surface area contributed by atoms with E-state index in [-0.39, 0.29) is 63.0 Å². The molecule has 0 aromatic carbocycles. The molecule has 4 heteroatoms. The first kappa shape index (κ1) is 12.0. The van der Waals surface area contributed by atoms with E-state index in [9.17, 15) is 9.59 Å². The van der Waals surface area contributed by atoms with Crippen molar-refractivity contribution >= 4 is 22.0 Å². The second-order valence-corrected chi connectivity index (χ2v) is 2.44. The molecule has 0 rings (SSSR count). The Morgan fingerprint density at radius 3 is 1.50 bits per heavy atom. The van der Waals surface area contributed by atoms with Crippen molar-refractivity contribution in [1.82, 2.24) is 0 Å². The fraction of sp³-hybridized carbons (Fsp3) is 0.500. The van der Waals surface area contributed by atoms with E-state index in [1.165, 1.54) is 13.8 Å². The van der Waals surface area contributed by atoms with E-state index in [1.807, 2.05) is 0 Å². The second kappa shape index (κ2) is 6.45. The van der Waals surface area contributed by atoms with Gasteiger partial charge in [0.15, 0.2) is 10.2 Å². The molecule has 0 aliphatic carbocycles. The maximum atomic E-state index is 10.00. The summed E-state index contributed by atoms with van der Waals surface area (Å²) in [7, 11) is 0. The first-order valence-corrected chi connectivity index (χ1v) is 2.63. The van der Waals surface area contributed by atoms with Crippen molar-refractivity contribution in [1.29, 1.82) is 0 Å². The molecule has 0 unspecified atom stereocenters. The van der Waals surface area contributed by atoms with Gasteiger partial charge < -0.3 is 1.43 Å². The molecule has 0 radical (unpaired) electrons. The van der Waals surface area contributed by atoms with Crippen LogP contribution in [0.15, 0.2) is 0 Å².